The molecule has 1 amide bonds. The number of carbonyl (C=O) groups excluding carboxylic acids is 1. The summed E-state index contributed by atoms with van der Waals surface area (Å²) in [6.07, 6.45) is -2.12. The van der Waals surface area contributed by atoms with Gasteiger partial charge in [0.15, 0.2) is 0 Å². The molecular weight excluding hydrogens is 259 g/mol. The van der Waals surface area contributed by atoms with Gasteiger partial charge in [-0.15, -0.1) is 0 Å². The largest absolute Gasteiger partial charge is 0.412 e. The molecule has 1 fully saturated rings. The first-order valence-electron chi connectivity index (χ1n) is 5.76. The van der Waals surface area contributed by atoms with E-state index in [0.717, 1.165) is 32.2 Å². The lowest BCUT2D eigenvalue weighted by Gasteiger charge is -2.26. The van der Waals surface area contributed by atoms with Gasteiger partial charge in [-0.05, 0) is 38.7 Å². The fourth-order valence-electron chi connectivity index (χ4n) is 1.38. The molecule has 0 aromatic heterocycles. The standard InChI is InChI=1S/C12H16F3N3O/c1-8(12(13,14)15)3-4-10(16-2)18-11(19)5-9-6-17-7-9/h3-4,9,17H,2,5-7H2,1H3,(H,18,19)/b8-3+,10-4+. The number of hydrogen-bond donors (Lipinski definition) is 2. The van der Waals surface area contributed by atoms with Gasteiger partial charge in [0.1, 0.15) is 5.82 Å². The fourth-order valence-corrected chi connectivity index (χ4v) is 1.38. The van der Waals surface area contributed by atoms with Crippen LogP contribution in [0.2, 0.25) is 0 Å². The van der Waals surface area contributed by atoms with E-state index in [1.54, 1.807) is 0 Å². The number of halogens is 3. The SMILES string of the molecule is C=N/C(=C\C=C(/C)C(F)(F)F)NC(=O)CC1CNC1. The van der Waals surface area contributed by atoms with Crippen molar-refractivity contribution < 1.29 is 18.0 Å². The first-order valence-corrected chi connectivity index (χ1v) is 5.76. The molecule has 19 heavy (non-hydrogen) atoms. The maximum atomic E-state index is 12.3. The number of rotatable bonds is 5. The summed E-state index contributed by atoms with van der Waals surface area (Å²) in [4.78, 5) is 15.0. The molecule has 0 aliphatic carbocycles. The zero-order chi connectivity index (χ0) is 14.5. The summed E-state index contributed by atoms with van der Waals surface area (Å²) in [7, 11) is 0. The van der Waals surface area contributed by atoms with Crippen molar-refractivity contribution in [3.63, 3.8) is 0 Å². The number of nitrogens with zero attached hydrogens (tertiary/aromatic N) is 1. The maximum absolute atomic E-state index is 12.3. The minimum absolute atomic E-state index is 0.0147. The number of allylic oxidation sites excluding steroid dienone is 3. The van der Waals surface area contributed by atoms with Crippen molar-refractivity contribution in [2.45, 2.75) is 19.5 Å². The molecule has 1 rings (SSSR count). The molecule has 0 aromatic rings. The van der Waals surface area contributed by atoms with Gasteiger partial charge >= 0.3 is 6.18 Å². The molecule has 1 heterocycles. The third-order valence-corrected chi connectivity index (χ3v) is 2.72. The van der Waals surface area contributed by atoms with Crippen LogP contribution in [0, 0.1) is 5.92 Å². The zero-order valence-corrected chi connectivity index (χ0v) is 10.5. The second kappa shape index (κ2) is 6.51. The normalized spacial score (nSPS) is 17.9. The van der Waals surface area contributed by atoms with Gasteiger partial charge in [0.05, 0.1) is 0 Å². The van der Waals surface area contributed by atoms with E-state index in [1.165, 1.54) is 0 Å². The summed E-state index contributed by atoms with van der Waals surface area (Å²) < 4.78 is 36.8. The molecule has 106 valence electrons. The molecule has 0 bridgehead atoms. The molecule has 2 N–H and O–H groups in total. The van der Waals surface area contributed by atoms with E-state index in [-0.39, 0.29) is 17.6 Å². The van der Waals surface area contributed by atoms with Gasteiger partial charge in [0.25, 0.3) is 0 Å². The summed E-state index contributed by atoms with van der Waals surface area (Å²) >= 11 is 0. The van der Waals surface area contributed by atoms with E-state index in [2.05, 4.69) is 22.3 Å². The van der Waals surface area contributed by atoms with Gasteiger partial charge in [-0.2, -0.15) is 13.2 Å². The predicted molar refractivity (Wildman–Crippen MR) is 66.6 cm³/mol. The summed E-state index contributed by atoms with van der Waals surface area (Å²) in [5.41, 5.74) is -0.772. The summed E-state index contributed by atoms with van der Waals surface area (Å²) in [6, 6.07) is 0. The molecule has 0 radical (unpaired) electrons. The molecular formula is C12H16F3N3O. The zero-order valence-electron chi connectivity index (χ0n) is 10.5. The van der Waals surface area contributed by atoms with E-state index >= 15 is 0 Å². The first-order chi connectivity index (χ1) is 8.82. The van der Waals surface area contributed by atoms with Crippen molar-refractivity contribution in [3.8, 4) is 0 Å². The maximum Gasteiger partial charge on any atom is 0.412 e. The number of amides is 1. The molecule has 1 aliphatic rings. The Bertz CT molecular complexity index is 409. The topological polar surface area (TPSA) is 53.5 Å². The Morgan fingerprint density at radius 2 is 2.11 bits per heavy atom. The highest BCUT2D eigenvalue weighted by atomic mass is 19.4. The van der Waals surface area contributed by atoms with Crippen LogP contribution in [0.4, 0.5) is 13.2 Å². The van der Waals surface area contributed by atoms with E-state index < -0.39 is 11.7 Å². The molecule has 0 saturated carbocycles. The molecule has 1 saturated heterocycles. The summed E-state index contributed by atoms with van der Waals surface area (Å²) in [6.45, 7) is 5.71. The van der Waals surface area contributed by atoms with Crippen LogP contribution in [-0.2, 0) is 4.79 Å². The monoisotopic (exact) mass is 275 g/mol. The highest BCUT2D eigenvalue weighted by molar-refractivity contribution is 5.78. The number of hydrogen-bond acceptors (Lipinski definition) is 3. The molecule has 0 aromatic carbocycles. The van der Waals surface area contributed by atoms with Crippen LogP contribution in [0.15, 0.2) is 28.5 Å². The lowest BCUT2D eigenvalue weighted by atomic mass is 9.99. The van der Waals surface area contributed by atoms with Crippen LogP contribution in [0.5, 0.6) is 0 Å². The summed E-state index contributed by atoms with van der Waals surface area (Å²) in [5, 5.41) is 5.45. The van der Waals surface area contributed by atoms with Gasteiger partial charge < -0.3 is 10.6 Å². The molecule has 0 unspecified atom stereocenters. The molecule has 0 spiro atoms. The van der Waals surface area contributed by atoms with Crippen LogP contribution in [0.25, 0.3) is 0 Å². The minimum Gasteiger partial charge on any atom is -0.316 e. The fraction of sp³-hybridized carbons (Fsp3) is 0.500. The van der Waals surface area contributed by atoms with Crippen LogP contribution in [0.3, 0.4) is 0 Å². The number of alkyl halides is 3. The van der Waals surface area contributed by atoms with Crippen molar-refractivity contribution in [2.24, 2.45) is 10.9 Å². The van der Waals surface area contributed by atoms with E-state index in [0.29, 0.717) is 6.42 Å². The van der Waals surface area contributed by atoms with Gasteiger partial charge in [0.2, 0.25) is 5.91 Å². The predicted octanol–water partition coefficient (Wildman–Crippen LogP) is 1.76. The third-order valence-electron chi connectivity index (χ3n) is 2.72. The molecule has 4 nitrogen and oxygen atoms in total. The van der Waals surface area contributed by atoms with Gasteiger partial charge in [-0.3, -0.25) is 4.79 Å². The van der Waals surface area contributed by atoms with Crippen molar-refractivity contribution in [1.29, 1.82) is 0 Å². The Morgan fingerprint density at radius 3 is 2.53 bits per heavy atom. The van der Waals surface area contributed by atoms with E-state index in [1.807, 2.05) is 0 Å². The smallest absolute Gasteiger partial charge is 0.316 e. The Hall–Kier alpha value is -1.63. The number of carbonyl (C=O) groups is 1. The Balaban J connectivity index is 2.56. The second-order valence-corrected chi connectivity index (χ2v) is 4.33. The van der Waals surface area contributed by atoms with Gasteiger partial charge in [-0.1, -0.05) is 6.08 Å². The highest BCUT2D eigenvalue weighted by Crippen LogP contribution is 2.24. The van der Waals surface area contributed by atoms with Crippen LogP contribution >= 0.6 is 0 Å². The Morgan fingerprint density at radius 1 is 1.47 bits per heavy atom. The second-order valence-electron chi connectivity index (χ2n) is 4.33. The number of nitrogens with one attached hydrogen (secondary N) is 2. The molecule has 1 aliphatic heterocycles. The Labute approximate surface area is 109 Å². The molecule has 0 atom stereocenters. The van der Waals surface area contributed by atoms with Gasteiger partial charge in [-0.25, -0.2) is 4.99 Å². The van der Waals surface area contributed by atoms with E-state index in [9.17, 15) is 18.0 Å². The van der Waals surface area contributed by atoms with Crippen molar-refractivity contribution in [1.82, 2.24) is 10.6 Å². The lowest BCUT2D eigenvalue weighted by molar-refractivity contribution is -0.121. The van der Waals surface area contributed by atoms with Gasteiger partial charge in [0, 0.05) is 12.0 Å². The third kappa shape index (κ3) is 5.25. The number of aliphatic imine (C=N–C) groups is 1. The lowest BCUT2D eigenvalue weighted by Crippen LogP contribution is -2.44. The minimum atomic E-state index is -4.38. The van der Waals surface area contributed by atoms with Crippen molar-refractivity contribution in [2.75, 3.05) is 13.1 Å². The van der Waals surface area contributed by atoms with Crippen molar-refractivity contribution in [3.05, 3.63) is 23.5 Å². The molecule has 7 heteroatoms. The summed E-state index contributed by atoms with van der Waals surface area (Å²) in [5.74, 6) is 0.0163. The average Bonchev–Trinajstić information content (AvgIpc) is 2.27. The van der Waals surface area contributed by atoms with Crippen LogP contribution < -0.4 is 10.6 Å². The quantitative estimate of drug-likeness (QED) is 0.593. The Kier molecular flexibility index (Phi) is 5.29. The van der Waals surface area contributed by atoms with Crippen LogP contribution in [-0.4, -0.2) is 31.9 Å². The van der Waals surface area contributed by atoms with Crippen LogP contribution in [0.1, 0.15) is 13.3 Å². The van der Waals surface area contributed by atoms with Crippen molar-refractivity contribution >= 4 is 12.6 Å². The highest BCUT2D eigenvalue weighted by Gasteiger charge is 2.29. The first kappa shape index (κ1) is 15.4. The van der Waals surface area contributed by atoms with E-state index in [4.69, 9.17) is 0 Å². The average molecular weight is 275 g/mol.